The Bertz CT molecular complexity index is 1150. The molecule has 0 heterocycles. The number of carbonyl (C=O) groups excluding carboxylic acids is 1. The van der Waals surface area contributed by atoms with E-state index in [1.54, 1.807) is 12.1 Å². The molecule has 0 atom stereocenters. The number of unbranched alkanes of at least 4 members (excludes halogenated alkanes) is 10. The molecule has 0 unspecified atom stereocenters. The summed E-state index contributed by atoms with van der Waals surface area (Å²) in [4.78, 5) is 12.7. The molecule has 0 aromatic heterocycles. The number of hydrogen-bond acceptors (Lipinski definition) is 6. The van der Waals surface area contributed by atoms with Crippen molar-refractivity contribution < 1.29 is 29.2 Å². The first-order valence-electron chi connectivity index (χ1n) is 16.6. The summed E-state index contributed by atoms with van der Waals surface area (Å²) in [5, 5.41) is 18.2. The summed E-state index contributed by atoms with van der Waals surface area (Å²) in [5.74, 6) is 1.72. The minimum absolute atomic E-state index is 0.00816. The molecule has 44 heavy (non-hydrogen) atoms. The van der Waals surface area contributed by atoms with Crippen molar-refractivity contribution in [3.8, 4) is 28.4 Å². The highest BCUT2D eigenvalue weighted by molar-refractivity contribution is 5.91. The van der Waals surface area contributed by atoms with Crippen molar-refractivity contribution in [1.29, 1.82) is 0 Å². The molecule has 6 heteroatoms. The van der Waals surface area contributed by atoms with E-state index in [0.717, 1.165) is 61.2 Å². The van der Waals surface area contributed by atoms with Gasteiger partial charge in [-0.1, -0.05) is 95.4 Å². The quantitative estimate of drug-likeness (QED) is 0.0638. The van der Waals surface area contributed by atoms with Gasteiger partial charge in [-0.2, -0.15) is 0 Å². The zero-order chi connectivity index (χ0) is 31.2. The van der Waals surface area contributed by atoms with Gasteiger partial charge in [-0.3, -0.25) is 0 Å². The molecule has 6 nitrogen and oxygen atoms in total. The fraction of sp³-hybridized carbons (Fsp3) is 0.500. The van der Waals surface area contributed by atoms with Crippen LogP contribution in [-0.2, 0) is 0 Å². The Labute approximate surface area is 264 Å². The lowest BCUT2D eigenvalue weighted by atomic mass is 10.0. The van der Waals surface area contributed by atoms with E-state index in [0.29, 0.717) is 24.5 Å². The molecule has 0 aliphatic rings. The second-order valence-corrected chi connectivity index (χ2v) is 11.6. The Kier molecular flexibility index (Phi) is 17.1. The lowest BCUT2D eigenvalue weighted by molar-refractivity contribution is 0.0734. The molecule has 2 N–H and O–H groups in total. The standard InChI is InChI=1S/C38H52O6/c1-2-3-4-5-6-7-9-12-27-43-36-23-19-34(20-24-36)38(41)44-37-25-17-33(18-26-37)32-15-21-35(22-16-32)42-28-13-10-8-11-14-31(29-39)30-40/h15-26,31,39-40H,2-14,27-30H2,1H3. The first-order chi connectivity index (χ1) is 21.6. The van der Waals surface area contributed by atoms with Gasteiger partial charge in [-0.25, -0.2) is 4.79 Å². The molecule has 0 amide bonds. The minimum Gasteiger partial charge on any atom is -0.494 e. The van der Waals surface area contributed by atoms with Crippen molar-refractivity contribution in [3.63, 3.8) is 0 Å². The Morgan fingerprint density at radius 1 is 0.568 bits per heavy atom. The van der Waals surface area contributed by atoms with E-state index in [1.165, 1.54) is 44.9 Å². The zero-order valence-electron chi connectivity index (χ0n) is 26.6. The van der Waals surface area contributed by atoms with Crippen molar-refractivity contribution in [2.24, 2.45) is 5.92 Å². The van der Waals surface area contributed by atoms with E-state index in [9.17, 15) is 4.79 Å². The van der Waals surface area contributed by atoms with Gasteiger partial charge in [0.1, 0.15) is 17.2 Å². The summed E-state index contributed by atoms with van der Waals surface area (Å²) < 4.78 is 17.3. The number of carbonyl (C=O) groups is 1. The monoisotopic (exact) mass is 604 g/mol. The smallest absolute Gasteiger partial charge is 0.343 e. The Morgan fingerprint density at radius 2 is 1.00 bits per heavy atom. The average Bonchev–Trinajstić information content (AvgIpc) is 3.06. The number of rotatable bonds is 23. The van der Waals surface area contributed by atoms with Crippen LogP contribution in [0.5, 0.6) is 17.2 Å². The van der Waals surface area contributed by atoms with Gasteiger partial charge in [0.2, 0.25) is 0 Å². The van der Waals surface area contributed by atoms with E-state index in [-0.39, 0.29) is 19.1 Å². The third kappa shape index (κ3) is 13.5. The predicted molar refractivity (Wildman–Crippen MR) is 178 cm³/mol. The van der Waals surface area contributed by atoms with Crippen LogP contribution in [0.4, 0.5) is 0 Å². The van der Waals surface area contributed by atoms with Gasteiger partial charge in [0.15, 0.2) is 0 Å². The van der Waals surface area contributed by atoms with Crippen molar-refractivity contribution in [1.82, 2.24) is 0 Å². The van der Waals surface area contributed by atoms with E-state index >= 15 is 0 Å². The SMILES string of the molecule is CCCCCCCCCCOc1ccc(C(=O)Oc2ccc(-c3ccc(OCCCCCCC(CO)CO)cc3)cc2)cc1. The Hall–Kier alpha value is -3.35. The summed E-state index contributed by atoms with van der Waals surface area (Å²) in [6.07, 6.45) is 15.1. The van der Waals surface area contributed by atoms with Crippen molar-refractivity contribution in [3.05, 3.63) is 78.4 Å². The second-order valence-electron chi connectivity index (χ2n) is 11.6. The van der Waals surface area contributed by atoms with E-state index in [4.69, 9.17) is 24.4 Å². The van der Waals surface area contributed by atoms with E-state index in [2.05, 4.69) is 6.92 Å². The molecule has 3 aromatic rings. The number of ether oxygens (including phenoxy) is 3. The van der Waals surface area contributed by atoms with Gasteiger partial charge < -0.3 is 24.4 Å². The van der Waals surface area contributed by atoms with Crippen LogP contribution in [-0.4, -0.2) is 42.6 Å². The third-order valence-corrected chi connectivity index (χ3v) is 7.90. The highest BCUT2D eigenvalue weighted by Gasteiger charge is 2.10. The summed E-state index contributed by atoms with van der Waals surface area (Å²) in [6.45, 7) is 3.71. The van der Waals surface area contributed by atoms with Crippen LogP contribution in [0, 0.1) is 5.92 Å². The summed E-state index contributed by atoms with van der Waals surface area (Å²) in [6, 6.07) is 22.6. The molecular weight excluding hydrogens is 552 g/mol. The maximum Gasteiger partial charge on any atom is 0.343 e. The molecule has 0 spiro atoms. The predicted octanol–water partition coefficient (Wildman–Crippen LogP) is 9.02. The second kappa shape index (κ2) is 21.4. The largest absolute Gasteiger partial charge is 0.494 e. The van der Waals surface area contributed by atoms with Gasteiger partial charge in [0.25, 0.3) is 0 Å². The lowest BCUT2D eigenvalue weighted by Crippen LogP contribution is -2.10. The number of hydrogen-bond donors (Lipinski definition) is 2. The first-order valence-corrected chi connectivity index (χ1v) is 16.6. The Balaban J connectivity index is 1.33. The molecule has 0 fully saturated rings. The molecule has 0 radical (unpaired) electrons. The maximum absolute atomic E-state index is 12.7. The highest BCUT2D eigenvalue weighted by atomic mass is 16.5. The Morgan fingerprint density at radius 3 is 1.50 bits per heavy atom. The van der Waals surface area contributed by atoms with Crippen LogP contribution >= 0.6 is 0 Å². The molecule has 3 aromatic carbocycles. The molecule has 3 rings (SSSR count). The number of esters is 1. The summed E-state index contributed by atoms with van der Waals surface area (Å²) in [5.41, 5.74) is 2.57. The normalized spacial score (nSPS) is 11.1. The zero-order valence-corrected chi connectivity index (χ0v) is 26.6. The van der Waals surface area contributed by atoms with Crippen LogP contribution in [0.2, 0.25) is 0 Å². The summed E-state index contributed by atoms with van der Waals surface area (Å²) >= 11 is 0. The highest BCUT2D eigenvalue weighted by Crippen LogP contribution is 2.25. The van der Waals surface area contributed by atoms with Crippen LogP contribution in [0.1, 0.15) is 101 Å². The van der Waals surface area contributed by atoms with Crippen LogP contribution in [0.3, 0.4) is 0 Å². The van der Waals surface area contributed by atoms with Gasteiger partial charge in [-0.15, -0.1) is 0 Å². The molecular formula is C38H52O6. The first kappa shape index (κ1) is 35.1. The maximum atomic E-state index is 12.7. The molecule has 0 aliphatic carbocycles. The number of benzene rings is 3. The molecule has 0 saturated carbocycles. The van der Waals surface area contributed by atoms with Gasteiger partial charge in [-0.05, 0) is 78.9 Å². The van der Waals surface area contributed by atoms with E-state index < -0.39 is 5.97 Å². The number of aliphatic hydroxyl groups excluding tert-OH is 2. The topological polar surface area (TPSA) is 85.2 Å². The van der Waals surface area contributed by atoms with Crippen molar-refractivity contribution in [2.75, 3.05) is 26.4 Å². The number of aliphatic hydroxyl groups is 2. The summed E-state index contributed by atoms with van der Waals surface area (Å²) in [7, 11) is 0. The van der Waals surface area contributed by atoms with Crippen LogP contribution < -0.4 is 14.2 Å². The minimum atomic E-state index is -0.395. The average molecular weight is 605 g/mol. The van der Waals surface area contributed by atoms with Crippen molar-refractivity contribution in [2.45, 2.75) is 90.4 Å². The van der Waals surface area contributed by atoms with Gasteiger partial charge >= 0.3 is 5.97 Å². The molecule has 0 aliphatic heterocycles. The van der Waals surface area contributed by atoms with Crippen molar-refractivity contribution >= 4 is 5.97 Å². The molecule has 240 valence electrons. The fourth-order valence-electron chi connectivity index (χ4n) is 5.06. The fourth-order valence-corrected chi connectivity index (χ4v) is 5.06. The van der Waals surface area contributed by atoms with Crippen LogP contribution in [0.15, 0.2) is 72.8 Å². The van der Waals surface area contributed by atoms with Gasteiger partial charge in [0, 0.05) is 19.1 Å². The third-order valence-electron chi connectivity index (χ3n) is 7.90. The molecule has 0 saturated heterocycles. The lowest BCUT2D eigenvalue weighted by Gasteiger charge is -2.10. The van der Waals surface area contributed by atoms with E-state index in [1.807, 2.05) is 60.7 Å². The van der Waals surface area contributed by atoms with Crippen LogP contribution in [0.25, 0.3) is 11.1 Å². The molecule has 0 bridgehead atoms. The van der Waals surface area contributed by atoms with Gasteiger partial charge in [0.05, 0.1) is 18.8 Å².